The summed E-state index contributed by atoms with van der Waals surface area (Å²) in [5.41, 5.74) is 1.09. The Morgan fingerprint density at radius 2 is 1.89 bits per heavy atom. The summed E-state index contributed by atoms with van der Waals surface area (Å²) in [6.45, 7) is 1.58. The van der Waals surface area contributed by atoms with Gasteiger partial charge in [-0.3, -0.25) is 4.79 Å². The van der Waals surface area contributed by atoms with Crippen molar-refractivity contribution >= 4 is 11.6 Å². The zero-order valence-corrected chi connectivity index (χ0v) is 9.71. The van der Waals surface area contributed by atoms with Crippen LogP contribution in [-0.2, 0) is 0 Å². The fourth-order valence-corrected chi connectivity index (χ4v) is 1.56. The van der Waals surface area contributed by atoms with E-state index in [2.05, 4.69) is 5.32 Å². The van der Waals surface area contributed by atoms with Crippen LogP contribution in [0.3, 0.4) is 0 Å². The maximum absolute atomic E-state index is 13.1. The van der Waals surface area contributed by atoms with Gasteiger partial charge in [0.25, 0.3) is 5.91 Å². The Morgan fingerprint density at radius 3 is 2.56 bits per heavy atom. The molecule has 18 heavy (non-hydrogen) atoms. The first-order valence-corrected chi connectivity index (χ1v) is 5.39. The van der Waals surface area contributed by atoms with Gasteiger partial charge in [-0.15, -0.1) is 0 Å². The van der Waals surface area contributed by atoms with Crippen LogP contribution in [0.1, 0.15) is 15.9 Å². The van der Waals surface area contributed by atoms with Crippen molar-refractivity contribution in [1.82, 2.24) is 0 Å². The second-order valence-corrected chi connectivity index (χ2v) is 3.93. The van der Waals surface area contributed by atoms with Crippen LogP contribution < -0.4 is 5.32 Å². The first-order valence-electron chi connectivity index (χ1n) is 5.39. The van der Waals surface area contributed by atoms with E-state index < -0.39 is 11.7 Å². The number of benzene rings is 2. The molecular formula is C14H11F2NO. The van der Waals surface area contributed by atoms with Gasteiger partial charge in [-0.25, -0.2) is 8.78 Å². The lowest BCUT2D eigenvalue weighted by Gasteiger charge is -2.06. The Kier molecular flexibility index (Phi) is 3.37. The molecule has 0 heterocycles. The molecule has 0 atom stereocenters. The maximum Gasteiger partial charge on any atom is 0.255 e. The summed E-state index contributed by atoms with van der Waals surface area (Å²) in [6.07, 6.45) is 0. The molecule has 0 saturated carbocycles. The fourth-order valence-electron chi connectivity index (χ4n) is 1.56. The largest absolute Gasteiger partial charge is 0.322 e. The lowest BCUT2D eigenvalue weighted by Crippen LogP contribution is -2.12. The number of amides is 1. The Morgan fingerprint density at radius 1 is 1.11 bits per heavy atom. The van der Waals surface area contributed by atoms with Crippen molar-refractivity contribution in [2.24, 2.45) is 0 Å². The highest BCUT2D eigenvalue weighted by atomic mass is 19.1. The Hall–Kier alpha value is -2.23. The number of aryl methyl sites for hydroxylation is 1. The zero-order valence-electron chi connectivity index (χ0n) is 9.71. The molecule has 0 unspecified atom stereocenters. The molecule has 92 valence electrons. The molecular weight excluding hydrogens is 236 g/mol. The lowest BCUT2D eigenvalue weighted by molar-refractivity contribution is 0.102. The first-order chi connectivity index (χ1) is 8.56. The number of nitrogens with one attached hydrogen (secondary N) is 1. The highest BCUT2D eigenvalue weighted by Crippen LogP contribution is 2.13. The summed E-state index contributed by atoms with van der Waals surface area (Å²) < 4.78 is 26.0. The number of hydrogen-bond acceptors (Lipinski definition) is 1. The molecule has 0 aliphatic carbocycles. The Bertz CT molecular complexity index is 596. The smallest absolute Gasteiger partial charge is 0.255 e. The third kappa shape index (κ3) is 2.71. The second kappa shape index (κ2) is 4.96. The lowest BCUT2D eigenvalue weighted by atomic mass is 10.1. The molecule has 0 saturated heterocycles. The zero-order chi connectivity index (χ0) is 13.1. The second-order valence-electron chi connectivity index (χ2n) is 3.93. The predicted molar refractivity (Wildman–Crippen MR) is 65.5 cm³/mol. The summed E-state index contributed by atoms with van der Waals surface area (Å²) >= 11 is 0. The van der Waals surface area contributed by atoms with Gasteiger partial charge >= 0.3 is 0 Å². The molecule has 0 fully saturated rings. The van der Waals surface area contributed by atoms with E-state index in [1.165, 1.54) is 36.4 Å². The molecule has 1 N–H and O–H groups in total. The highest BCUT2D eigenvalue weighted by Gasteiger charge is 2.08. The van der Waals surface area contributed by atoms with Gasteiger partial charge in [0, 0.05) is 11.3 Å². The van der Waals surface area contributed by atoms with Gasteiger partial charge in [-0.1, -0.05) is 6.07 Å². The van der Waals surface area contributed by atoms with E-state index in [4.69, 9.17) is 0 Å². The van der Waals surface area contributed by atoms with Crippen molar-refractivity contribution in [2.45, 2.75) is 6.92 Å². The van der Waals surface area contributed by atoms with Crippen LogP contribution in [0.15, 0.2) is 42.5 Å². The maximum atomic E-state index is 13.1. The monoisotopic (exact) mass is 247 g/mol. The van der Waals surface area contributed by atoms with Gasteiger partial charge in [0.2, 0.25) is 0 Å². The number of hydrogen-bond donors (Lipinski definition) is 1. The van der Waals surface area contributed by atoms with Crippen LogP contribution in [0.25, 0.3) is 0 Å². The molecule has 2 aromatic rings. The first kappa shape index (κ1) is 12.2. The minimum Gasteiger partial charge on any atom is -0.322 e. The quantitative estimate of drug-likeness (QED) is 0.864. The average Bonchev–Trinajstić information content (AvgIpc) is 2.32. The van der Waals surface area contributed by atoms with Gasteiger partial charge in [0.15, 0.2) is 0 Å². The van der Waals surface area contributed by atoms with E-state index in [0.717, 1.165) is 0 Å². The molecule has 0 radical (unpaired) electrons. The van der Waals surface area contributed by atoms with Crippen molar-refractivity contribution in [3.05, 3.63) is 65.2 Å². The summed E-state index contributed by atoms with van der Waals surface area (Å²) in [5.74, 6) is -1.19. The summed E-state index contributed by atoms with van der Waals surface area (Å²) in [7, 11) is 0. The molecule has 0 aliphatic heterocycles. The Balaban J connectivity index is 2.19. The highest BCUT2D eigenvalue weighted by molar-refractivity contribution is 6.04. The molecule has 0 spiro atoms. The average molecular weight is 247 g/mol. The minimum absolute atomic E-state index is 0.332. The van der Waals surface area contributed by atoms with Crippen molar-refractivity contribution < 1.29 is 13.6 Å². The van der Waals surface area contributed by atoms with Crippen LogP contribution in [-0.4, -0.2) is 5.91 Å². The molecule has 0 aromatic heterocycles. The van der Waals surface area contributed by atoms with Crippen LogP contribution in [0.2, 0.25) is 0 Å². The van der Waals surface area contributed by atoms with E-state index in [1.54, 1.807) is 13.0 Å². The number of carbonyl (C=O) groups is 1. The van der Waals surface area contributed by atoms with E-state index in [-0.39, 0.29) is 5.82 Å². The van der Waals surface area contributed by atoms with Crippen molar-refractivity contribution in [3.63, 3.8) is 0 Å². The van der Waals surface area contributed by atoms with Crippen LogP contribution in [0.4, 0.5) is 14.5 Å². The number of carbonyl (C=O) groups excluding carboxylic acids is 1. The van der Waals surface area contributed by atoms with E-state index in [9.17, 15) is 13.6 Å². The van der Waals surface area contributed by atoms with Gasteiger partial charge < -0.3 is 5.32 Å². The van der Waals surface area contributed by atoms with Crippen molar-refractivity contribution in [1.29, 1.82) is 0 Å². The number of rotatable bonds is 2. The third-order valence-electron chi connectivity index (χ3n) is 2.50. The number of anilines is 1. The van der Waals surface area contributed by atoms with Gasteiger partial charge in [-0.2, -0.15) is 0 Å². The van der Waals surface area contributed by atoms with Crippen LogP contribution in [0.5, 0.6) is 0 Å². The summed E-state index contributed by atoms with van der Waals surface area (Å²) in [6, 6.07) is 9.65. The molecule has 2 nitrogen and oxygen atoms in total. The molecule has 0 aliphatic rings. The molecule has 1 amide bonds. The van der Waals surface area contributed by atoms with Gasteiger partial charge in [0.1, 0.15) is 11.6 Å². The summed E-state index contributed by atoms with van der Waals surface area (Å²) in [5, 5.41) is 2.54. The van der Waals surface area contributed by atoms with E-state index >= 15 is 0 Å². The summed E-state index contributed by atoms with van der Waals surface area (Å²) in [4.78, 5) is 11.8. The number of halogens is 2. The van der Waals surface area contributed by atoms with Gasteiger partial charge in [-0.05, 0) is 48.9 Å². The van der Waals surface area contributed by atoms with Crippen molar-refractivity contribution in [3.8, 4) is 0 Å². The molecule has 2 aromatic carbocycles. The van der Waals surface area contributed by atoms with Crippen LogP contribution in [0, 0.1) is 18.6 Å². The topological polar surface area (TPSA) is 29.1 Å². The van der Waals surface area contributed by atoms with Crippen molar-refractivity contribution in [2.75, 3.05) is 5.32 Å². The molecule has 2 rings (SSSR count). The van der Waals surface area contributed by atoms with E-state index in [1.807, 2.05) is 0 Å². The minimum atomic E-state index is -0.428. The Labute approximate surface area is 103 Å². The fraction of sp³-hybridized carbons (Fsp3) is 0.0714. The standard InChI is InChI=1S/C14H11F2NO/c1-9-7-10(5-6-13(9)16)14(18)17-12-4-2-3-11(15)8-12/h2-8H,1H3,(H,17,18). The third-order valence-corrected chi connectivity index (χ3v) is 2.50. The van der Waals surface area contributed by atoms with E-state index in [0.29, 0.717) is 16.8 Å². The molecule has 0 bridgehead atoms. The van der Waals surface area contributed by atoms with Crippen LogP contribution >= 0.6 is 0 Å². The van der Waals surface area contributed by atoms with Gasteiger partial charge in [0.05, 0.1) is 0 Å². The SMILES string of the molecule is Cc1cc(C(=O)Nc2cccc(F)c2)ccc1F. The normalized spacial score (nSPS) is 10.2. The molecule has 4 heteroatoms. The predicted octanol–water partition coefficient (Wildman–Crippen LogP) is 3.53.